The van der Waals surface area contributed by atoms with E-state index in [0.717, 1.165) is 16.5 Å². The molecule has 1 aromatic heterocycles. The molecule has 1 atom stereocenters. The van der Waals surface area contributed by atoms with Gasteiger partial charge in [-0.05, 0) is 13.0 Å². The van der Waals surface area contributed by atoms with Crippen LogP contribution in [0.15, 0.2) is 30.5 Å². The molecule has 0 aliphatic rings. The highest BCUT2D eigenvalue weighted by atomic mass is 35.5. The summed E-state index contributed by atoms with van der Waals surface area (Å²) in [5, 5.41) is 0.240. The first-order valence-electron chi connectivity index (χ1n) is 5.49. The van der Waals surface area contributed by atoms with Crippen LogP contribution in [0.1, 0.15) is 17.9 Å². The highest BCUT2D eigenvalue weighted by molar-refractivity contribution is 6.30. The van der Waals surface area contributed by atoms with E-state index < -0.39 is 11.3 Å². The number of rotatable bonds is 3. The minimum atomic E-state index is -0.749. The predicted octanol–water partition coefficient (Wildman–Crippen LogP) is 3.02. The zero-order valence-electron chi connectivity index (χ0n) is 9.81. The molecule has 1 heterocycles. The average molecular weight is 252 g/mol. The Morgan fingerprint density at radius 2 is 2.18 bits per heavy atom. The molecule has 0 radical (unpaired) electrons. The quantitative estimate of drug-likeness (QED) is 0.620. The van der Waals surface area contributed by atoms with Crippen LogP contribution in [0, 0.1) is 0 Å². The van der Waals surface area contributed by atoms with Gasteiger partial charge in [0.05, 0.1) is 6.61 Å². The molecular formula is C13H14ClNO2. The van der Waals surface area contributed by atoms with Gasteiger partial charge in [-0.1, -0.05) is 18.2 Å². The summed E-state index contributed by atoms with van der Waals surface area (Å²) in [6.07, 6.45) is 1.87. The predicted molar refractivity (Wildman–Crippen MR) is 68.1 cm³/mol. The van der Waals surface area contributed by atoms with Crippen molar-refractivity contribution in [3.8, 4) is 0 Å². The lowest BCUT2D eigenvalue weighted by atomic mass is 10.1. The Labute approximate surface area is 105 Å². The number of benzene rings is 1. The first-order chi connectivity index (χ1) is 8.15. The second kappa shape index (κ2) is 4.80. The summed E-state index contributed by atoms with van der Waals surface area (Å²) in [4.78, 5) is 11.6. The van der Waals surface area contributed by atoms with Crippen LogP contribution < -0.4 is 0 Å². The summed E-state index contributed by atoms with van der Waals surface area (Å²) in [5.74, 6) is -0.398. The minimum Gasteiger partial charge on any atom is -0.465 e. The number of nitrogens with zero attached hydrogens (tertiary/aromatic N) is 1. The molecule has 90 valence electrons. The largest absolute Gasteiger partial charge is 0.465 e. The third-order valence-corrected chi connectivity index (χ3v) is 3.11. The highest BCUT2D eigenvalue weighted by Gasteiger charge is 2.22. The molecule has 0 amide bonds. The van der Waals surface area contributed by atoms with Crippen LogP contribution in [0.5, 0.6) is 0 Å². The summed E-state index contributed by atoms with van der Waals surface area (Å²) in [6, 6.07) is 7.84. The second-order valence-corrected chi connectivity index (χ2v) is 4.26. The number of ether oxygens (including phenoxy) is 1. The number of aryl methyl sites for hydroxylation is 1. The third-order valence-electron chi connectivity index (χ3n) is 2.69. The van der Waals surface area contributed by atoms with E-state index in [4.69, 9.17) is 16.3 Å². The van der Waals surface area contributed by atoms with Gasteiger partial charge < -0.3 is 9.30 Å². The Morgan fingerprint density at radius 1 is 1.47 bits per heavy atom. The lowest BCUT2D eigenvalue weighted by molar-refractivity contribution is -0.142. The van der Waals surface area contributed by atoms with Crippen molar-refractivity contribution in [2.24, 2.45) is 7.05 Å². The van der Waals surface area contributed by atoms with Crippen LogP contribution in [-0.2, 0) is 16.6 Å². The molecule has 0 bridgehead atoms. The van der Waals surface area contributed by atoms with Gasteiger partial charge in [0.1, 0.15) is 0 Å². The van der Waals surface area contributed by atoms with E-state index in [2.05, 4.69) is 0 Å². The summed E-state index contributed by atoms with van der Waals surface area (Å²) in [6.45, 7) is 2.11. The summed E-state index contributed by atoms with van der Waals surface area (Å²) >= 11 is 6.14. The van der Waals surface area contributed by atoms with E-state index in [9.17, 15) is 4.79 Å². The fourth-order valence-electron chi connectivity index (χ4n) is 1.92. The molecule has 1 unspecified atom stereocenters. The molecule has 0 N–H and O–H groups in total. The molecule has 3 nitrogen and oxygen atoms in total. The maximum absolute atomic E-state index is 11.6. The van der Waals surface area contributed by atoms with Gasteiger partial charge in [-0.15, -0.1) is 11.6 Å². The fraction of sp³-hybridized carbons (Fsp3) is 0.308. The van der Waals surface area contributed by atoms with Gasteiger partial charge in [-0.2, -0.15) is 0 Å². The van der Waals surface area contributed by atoms with Crippen molar-refractivity contribution in [3.63, 3.8) is 0 Å². The van der Waals surface area contributed by atoms with Crippen molar-refractivity contribution >= 4 is 28.5 Å². The number of esters is 1. The molecular weight excluding hydrogens is 238 g/mol. The molecule has 4 heteroatoms. The Kier molecular flexibility index (Phi) is 3.38. The van der Waals surface area contributed by atoms with Gasteiger partial charge in [-0.25, -0.2) is 0 Å². The van der Waals surface area contributed by atoms with Gasteiger partial charge in [0.2, 0.25) is 0 Å². The number of halogens is 1. The number of fused-ring (bicyclic) bond motifs is 1. The first-order valence-corrected chi connectivity index (χ1v) is 5.93. The molecule has 1 aromatic carbocycles. The molecule has 0 aliphatic heterocycles. The van der Waals surface area contributed by atoms with Gasteiger partial charge >= 0.3 is 5.97 Å². The normalized spacial score (nSPS) is 12.6. The monoisotopic (exact) mass is 251 g/mol. The molecule has 0 aliphatic carbocycles. The lowest BCUT2D eigenvalue weighted by Crippen LogP contribution is -2.10. The highest BCUT2D eigenvalue weighted by Crippen LogP contribution is 2.30. The SMILES string of the molecule is CCOC(=O)C(Cl)c1cn(C)c2ccccc12. The first kappa shape index (κ1) is 12.0. The Morgan fingerprint density at radius 3 is 2.88 bits per heavy atom. The van der Waals surface area contributed by atoms with E-state index >= 15 is 0 Å². The molecule has 0 saturated heterocycles. The molecule has 0 fully saturated rings. The number of hydrogen-bond donors (Lipinski definition) is 0. The Balaban J connectivity index is 2.45. The molecule has 2 rings (SSSR count). The topological polar surface area (TPSA) is 31.2 Å². The van der Waals surface area contributed by atoms with E-state index in [-0.39, 0.29) is 0 Å². The maximum atomic E-state index is 11.6. The number of para-hydroxylation sites is 1. The van der Waals surface area contributed by atoms with Crippen LogP contribution in [0.2, 0.25) is 0 Å². The average Bonchev–Trinajstić information content (AvgIpc) is 2.67. The van der Waals surface area contributed by atoms with Gasteiger partial charge in [0.15, 0.2) is 5.38 Å². The van der Waals surface area contributed by atoms with E-state index in [0.29, 0.717) is 6.61 Å². The van der Waals surface area contributed by atoms with Crippen molar-refractivity contribution in [2.45, 2.75) is 12.3 Å². The van der Waals surface area contributed by atoms with Gasteiger partial charge in [-0.3, -0.25) is 4.79 Å². The Bertz CT molecular complexity index is 547. The number of aromatic nitrogens is 1. The number of alkyl halides is 1. The van der Waals surface area contributed by atoms with Crippen molar-refractivity contribution < 1.29 is 9.53 Å². The fourth-order valence-corrected chi connectivity index (χ4v) is 2.15. The zero-order valence-corrected chi connectivity index (χ0v) is 10.6. The summed E-state index contributed by atoms with van der Waals surface area (Å²) in [7, 11) is 1.93. The van der Waals surface area contributed by atoms with Crippen molar-refractivity contribution in [1.82, 2.24) is 4.57 Å². The van der Waals surface area contributed by atoms with Crippen LogP contribution in [-0.4, -0.2) is 17.1 Å². The lowest BCUT2D eigenvalue weighted by Gasteiger charge is -2.07. The number of carbonyl (C=O) groups is 1. The smallest absolute Gasteiger partial charge is 0.328 e. The Hall–Kier alpha value is -1.48. The molecule has 0 spiro atoms. The number of carbonyl (C=O) groups excluding carboxylic acids is 1. The molecule has 17 heavy (non-hydrogen) atoms. The van der Waals surface area contributed by atoms with Crippen LogP contribution in [0.25, 0.3) is 10.9 Å². The number of hydrogen-bond acceptors (Lipinski definition) is 2. The van der Waals surface area contributed by atoms with Crippen LogP contribution >= 0.6 is 11.6 Å². The van der Waals surface area contributed by atoms with Crippen molar-refractivity contribution in [2.75, 3.05) is 6.61 Å². The summed E-state index contributed by atoms with van der Waals surface area (Å²) in [5.41, 5.74) is 1.85. The summed E-state index contributed by atoms with van der Waals surface area (Å²) < 4.78 is 6.89. The zero-order chi connectivity index (χ0) is 12.4. The second-order valence-electron chi connectivity index (χ2n) is 3.83. The van der Waals surface area contributed by atoms with Crippen molar-refractivity contribution in [1.29, 1.82) is 0 Å². The van der Waals surface area contributed by atoms with E-state index in [1.54, 1.807) is 6.92 Å². The third kappa shape index (κ3) is 2.15. The van der Waals surface area contributed by atoms with Gasteiger partial charge in [0, 0.05) is 29.7 Å². The van der Waals surface area contributed by atoms with Gasteiger partial charge in [0.25, 0.3) is 0 Å². The molecule has 2 aromatic rings. The molecule has 0 saturated carbocycles. The van der Waals surface area contributed by atoms with Crippen LogP contribution in [0.3, 0.4) is 0 Å². The minimum absolute atomic E-state index is 0.340. The van der Waals surface area contributed by atoms with E-state index in [1.165, 1.54) is 0 Å². The standard InChI is InChI=1S/C13H14ClNO2/c1-3-17-13(16)12(14)10-8-15(2)11-7-5-4-6-9(10)11/h4-8,12H,3H2,1-2H3. The van der Waals surface area contributed by atoms with Crippen LogP contribution in [0.4, 0.5) is 0 Å². The maximum Gasteiger partial charge on any atom is 0.328 e. The van der Waals surface area contributed by atoms with Crippen molar-refractivity contribution in [3.05, 3.63) is 36.0 Å². The van der Waals surface area contributed by atoms with E-state index in [1.807, 2.05) is 42.1 Å².